The van der Waals surface area contributed by atoms with E-state index in [1.165, 1.54) is 11.3 Å². The normalized spacial score (nSPS) is 11.0. The van der Waals surface area contributed by atoms with Gasteiger partial charge in [-0.15, -0.1) is 0 Å². The number of fused-ring (bicyclic) bond motifs is 1. The summed E-state index contributed by atoms with van der Waals surface area (Å²) in [6.07, 6.45) is 2.64. The van der Waals surface area contributed by atoms with Crippen molar-refractivity contribution >= 4 is 22.6 Å². The Morgan fingerprint density at radius 3 is 2.28 bits per heavy atom. The van der Waals surface area contributed by atoms with Gasteiger partial charge in [-0.05, 0) is 49.1 Å². The highest BCUT2D eigenvalue weighted by atomic mass is 16.2. The first-order valence-corrected chi connectivity index (χ1v) is 10.2. The minimum absolute atomic E-state index is 0.0492. The van der Waals surface area contributed by atoms with Crippen molar-refractivity contribution in [2.24, 2.45) is 0 Å². The number of benzene rings is 2. The molecule has 0 aliphatic rings. The molecule has 3 rings (SSSR count). The lowest BCUT2D eigenvalue weighted by molar-refractivity contribution is -0.121. The minimum atomic E-state index is -0.130. The topological polar surface area (TPSA) is 59.3 Å². The number of amides is 1. The van der Waals surface area contributed by atoms with Gasteiger partial charge in [-0.2, -0.15) is 0 Å². The Bertz CT molecular complexity index is 1020. The molecule has 1 N–H and O–H groups in total. The Labute approximate surface area is 171 Å². The van der Waals surface area contributed by atoms with Crippen molar-refractivity contribution in [3.63, 3.8) is 0 Å². The molecule has 0 unspecified atom stereocenters. The largest absolute Gasteiger partial charge is 0.378 e. The number of nitrogens with one attached hydrogen (secondary N) is 1. The Kier molecular flexibility index (Phi) is 6.75. The van der Waals surface area contributed by atoms with Crippen molar-refractivity contribution in [2.75, 3.05) is 25.5 Å². The van der Waals surface area contributed by atoms with Crippen LogP contribution < -0.4 is 15.9 Å². The van der Waals surface area contributed by atoms with Gasteiger partial charge in [0.25, 0.3) is 0 Å². The van der Waals surface area contributed by atoms with Crippen molar-refractivity contribution in [1.82, 2.24) is 14.5 Å². The van der Waals surface area contributed by atoms with Gasteiger partial charge in [0.15, 0.2) is 0 Å². The maximum atomic E-state index is 12.7. The van der Waals surface area contributed by atoms with Crippen LogP contribution in [0.3, 0.4) is 0 Å². The predicted octanol–water partition coefficient (Wildman–Crippen LogP) is 3.03. The summed E-state index contributed by atoms with van der Waals surface area (Å²) >= 11 is 0. The van der Waals surface area contributed by atoms with Gasteiger partial charge in [-0.25, -0.2) is 4.79 Å². The van der Waals surface area contributed by atoms with Crippen molar-refractivity contribution in [3.05, 3.63) is 64.6 Å². The molecule has 0 bridgehead atoms. The second-order valence-corrected chi connectivity index (χ2v) is 7.52. The fourth-order valence-electron chi connectivity index (χ4n) is 3.55. The van der Waals surface area contributed by atoms with E-state index in [9.17, 15) is 9.59 Å². The molecule has 1 heterocycles. The molecule has 0 saturated carbocycles. The van der Waals surface area contributed by atoms with E-state index in [-0.39, 0.29) is 18.1 Å². The molecule has 2 aromatic carbocycles. The first-order chi connectivity index (χ1) is 14.0. The van der Waals surface area contributed by atoms with E-state index in [0.717, 1.165) is 30.3 Å². The molecule has 0 radical (unpaired) electrons. The summed E-state index contributed by atoms with van der Waals surface area (Å²) in [6.45, 7) is 3.34. The molecule has 6 nitrogen and oxygen atoms in total. The summed E-state index contributed by atoms with van der Waals surface area (Å²) in [5, 5.41) is 2.95. The average molecular weight is 395 g/mol. The highest BCUT2D eigenvalue weighted by Gasteiger charge is 2.14. The summed E-state index contributed by atoms with van der Waals surface area (Å²) in [6, 6.07) is 16.1. The number of rotatable bonds is 9. The standard InChI is InChI=1S/C23H30N4O2/c1-4-16-26-20-9-5-6-10-21(20)27(23(26)29)17-22(28)24-15-7-8-18-11-13-19(14-12-18)25(2)3/h5-6,9-14H,4,7-8,15-17H2,1-3H3,(H,24,28). The molecule has 6 heteroatoms. The lowest BCUT2D eigenvalue weighted by atomic mass is 10.1. The number of carbonyl (C=O) groups is 1. The van der Waals surface area contributed by atoms with Gasteiger partial charge >= 0.3 is 5.69 Å². The maximum absolute atomic E-state index is 12.7. The van der Waals surface area contributed by atoms with Crippen LogP contribution in [0.4, 0.5) is 5.69 Å². The van der Waals surface area contributed by atoms with Crippen LogP contribution in [0.15, 0.2) is 53.3 Å². The van der Waals surface area contributed by atoms with E-state index in [1.54, 1.807) is 9.13 Å². The average Bonchev–Trinajstić information content (AvgIpc) is 2.98. The van der Waals surface area contributed by atoms with E-state index in [1.807, 2.05) is 45.3 Å². The molecule has 1 amide bonds. The fourth-order valence-corrected chi connectivity index (χ4v) is 3.55. The number of hydrogen-bond donors (Lipinski definition) is 1. The van der Waals surface area contributed by atoms with E-state index in [2.05, 4.69) is 34.5 Å². The molecule has 0 spiro atoms. The fraction of sp³-hybridized carbons (Fsp3) is 0.391. The second-order valence-electron chi connectivity index (χ2n) is 7.52. The van der Waals surface area contributed by atoms with Crippen molar-refractivity contribution < 1.29 is 4.79 Å². The minimum Gasteiger partial charge on any atom is -0.378 e. The molecule has 0 fully saturated rings. The smallest absolute Gasteiger partial charge is 0.329 e. The number of aromatic nitrogens is 2. The zero-order valence-electron chi connectivity index (χ0n) is 17.5. The van der Waals surface area contributed by atoms with Crippen molar-refractivity contribution in [3.8, 4) is 0 Å². The molecular formula is C23H30N4O2. The van der Waals surface area contributed by atoms with E-state index in [0.29, 0.717) is 13.1 Å². The summed E-state index contributed by atoms with van der Waals surface area (Å²) in [5.74, 6) is -0.130. The van der Waals surface area contributed by atoms with E-state index < -0.39 is 0 Å². The van der Waals surface area contributed by atoms with Crippen LogP contribution in [0.25, 0.3) is 11.0 Å². The van der Waals surface area contributed by atoms with Gasteiger partial charge in [0.1, 0.15) is 6.54 Å². The van der Waals surface area contributed by atoms with Crippen LogP contribution in [0.1, 0.15) is 25.3 Å². The number of nitrogens with zero attached hydrogens (tertiary/aromatic N) is 3. The predicted molar refractivity (Wildman–Crippen MR) is 119 cm³/mol. The number of anilines is 1. The quantitative estimate of drug-likeness (QED) is 0.568. The molecule has 154 valence electrons. The van der Waals surface area contributed by atoms with Crippen LogP contribution in [-0.4, -0.2) is 35.7 Å². The molecule has 0 aliphatic carbocycles. The van der Waals surface area contributed by atoms with Crippen LogP contribution in [-0.2, 0) is 24.3 Å². The summed E-state index contributed by atoms with van der Waals surface area (Å²) < 4.78 is 3.32. The highest BCUT2D eigenvalue weighted by Crippen LogP contribution is 2.14. The molecule has 3 aromatic rings. The molecule has 0 saturated heterocycles. The van der Waals surface area contributed by atoms with Crippen LogP contribution in [0.2, 0.25) is 0 Å². The van der Waals surface area contributed by atoms with Gasteiger partial charge in [0.05, 0.1) is 11.0 Å². The third-order valence-electron chi connectivity index (χ3n) is 5.09. The first-order valence-electron chi connectivity index (χ1n) is 10.2. The molecular weight excluding hydrogens is 364 g/mol. The van der Waals surface area contributed by atoms with Crippen molar-refractivity contribution in [1.29, 1.82) is 0 Å². The van der Waals surface area contributed by atoms with Gasteiger partial charge in [-0.1, -0.05) is 31.2 Å². The second kappa shape index (κ2) is 9.45. The number of hydrogen-bond acceptors (Lipinski definition) is 3. The third kappa shape index (κ3) is 4.88. The lowest BCUT2D eigenvalue weighted by Gasteiger charge is -2.12. The zero-order valence-corrected chi connectivity index (χ0v) is 17.5. The molecule has 1 aromatic heterocycles. The number of para-hydroxylation sites is 2. The molecule has 29 heavy (non-hydrogen) atoms. The Hall–Kier alpha value is -3.02. The molecule has 0 atom stereocenters. The SMILES string of the molecule is CCCn1c(=O)n(CC(=O)NCCCc2ccc(N(C)C)cc2)c2ccccc21. The van der Waals surface area contributed by atoms with Crippen LogP contribution in [0.5, 0.6) is 0 Å². The summed E-state index contributed by atoms with van der Waals surface area (Å²) in [7, 11) is 4.05. The van der Waals surface area contributed by atoms with Gasteiger partial charge in [-0.3, -0.25) is 13.9 Å². The van der Waals surface area contributed by atoms with Crippen molar-refractivity contribution in [2.45, 2.75) is 39.3 Å². The van der Waals surface area contributed by atoms with Gasteiger partial charge < -0.3 is 10.2 Å². The molecule has 0 aliphatic heterocycles. The summed E-state index contributed by atoms with van der Waals surface area (Å²) in [4.78, 5) is 27.2. The van der Waals surface area contributed by atoms with E-state index >= 15 is 0 Å². The monoisotopic (exact) mass is 394 g/mol. The number of imidazole rings is 1. The Morgan fingerprint density at radius 1 is 1.00 bits per heavy atom. The zero-order chi connectivity index (χ0) is 20.8. The van der Waals surface area contributed by atoms with Crippen LogP contribution >= 0.6 is 0 Å². The maximum Gasteiger partial charge on any atom is 0.329 e. The number of aryl methyl sites for hydroxylation is 2. The Morgan fingerprint density at radius 2 is 1.66 bits per heavy atom. The summed E-state index contributed by atoms with van der Waals surface area (Å²) in [5.41, 5.74) is 4.00. The Balaban J connectivity index is 1.56. The lowest BCUT2D eigenvalue weighted by Crippen LogP contribution is -2.33. The van der Waals surface area contributed by atoms with E-state index in [4.69, 9.17) is 0 Å². The first kappa shape index (κ1) is 20.7. The van der Waals surface area contributed by atoms with Crippen LogP contribution in [0, 0.1) is 0 Å². The number of carbonyl (C=O) groups excluding carboxylic acids is 1. The van der Waals surface area contributed by atoms with Gasteiger partial charge in [0.2, 0.25) is 5.91 Å². The third-order valence-corrected chi connectivity index (χ3v) is 5.09. The van der Waals surface area contributed by atoms with Gasteiger partial charge in [0, 0.05) is 32.9 Å². The highest BCUT2D eigenvalue weighted by molar-refractivity contribution is 5.80.